The summed E-state index contributed by atoms with van der Waals surface area (Å²) in [6.07, 6.45) is 10.3. The van der Waals surface area contributed by atoms with Crippen LogP contribution in [-0.4, -0.2) is 55.6 Å². The van der Waals surface area contributed by atoms with Crippen LogP contribution in [0.2, 0.25) is 0 Å². The van der Waals surface area contributed by atoms with Crippen LogP contribution in [0.5, 0.6) is 0 Å². The monoisotopic (exact) mass is 580 g/mol. The second-order valence-corrected chi connectivity index (χ2v) is 12.4. The summed E-state index contributed by atoms with van der Waals surface area (Å²) in [4.78, 5) is 30.0. The van der Waals surface area contributed by atoms with Gasteiger partial charge in [0.05, 0.1) is 12.2 Å². The first-order valence-corrected chi connectivity index (χ1v) is 15.6. The number of hydrogen-bond donors (Lipinski definition) is 3. The average Bonchev–Trinajstić information content (AvgIpc) is 3.52. The lowest BCUT2D eigenvalue weighted by atomic mass is 9.71. The molecule has 0 amide bonds. The van der Waals surface area contributed by atoms with E-state index in [1.165, 1.54) is 31.4 Å². The van der Waals surface area contributed by atoms with Gasteiger partial charge in [0.2, 0.25) is 5.95 Å². The van der Waals surface area contributed by atoms with Gasteiger partial charge in [-0.2, -0.15) is 4.98 Å². The number of allylic oxidation sites excluding steroid dienone is 1. The van der Waals surface area contributed by atoms with Gasteiger partial charge < -0.3 is 20.6 Å². The topological polar surface area (TPSA) is 113 Å². The van der Waals surface area contributed by atoms with Crippen molar-refractivity contribution in [2.24, 2.45) is 5.41 Å². The Hall–Kier alpha value is -4.02. The third-order valence-electron chi connectivity index (χ3n) is 9.97. The minimum absolute atomic E-state index is 0.216. The Kier molecular flexibility index (Phi) is 7.05. The van der Waals surface area contributed by atoms with Crippen LogP contribution in [0.25, 0.3) is 16.9 Å². The molecule has 5 heterocycles. The number of fused-ring (bicyclic) bond motifs is 2. The lowest BCUT2D eigenvalue weighted by Crippen LogP contribution is -2.45. The highest BCUT2D eigenvalue weighted by atomic mass is 16.3. The molecule has 2 saturated heterocycles. The van der Waals surface area contributed by atoms with Crippen LogP contribution in [0, 0.1) is 5.41 Å². The van der Waals surface area contributed by atoms with Crippen molar-refractivity contribution in [2.45, 2.75) is 64.0 Å². The van der Waals surface area contributed by atoms with Crippen molar-refractivity contribution < 1.29 is 5.11 Å². The third kappa shape index (κ3) is 4.92. The van der Waals surface area contributed by atoms with Crippen molar-refractivity contribution in [1.82, 2.24) is 29.6 Å². The number of benzene rings is 1. The molecule has 2 aliphatic heterocycles. The first kappa shape index (κ1) is 27.8. The number of nitrogens with one attached hydrogen (secondary N) is 2. The number of piperidine rings is 2. The molecule has 0 saturated carbocycles. The third-order valence-corrected chi connectivity index (χ3v) is 9.97. The van der Waals surface area contributed by atoms with E-state index in [0.717, 1.165) is 43.9 Å². The Balaban J connectivity index is 1.16. The summed E-state index contributed by atoms with van der Waals surface area (Å²) < 4.78 is 3.28. The molecule has 2 fully saturated rings. The molecular formula is C33H40N8O2. The SMILES string of the molecule is C=CCn1c(=O)c2cnc(Nc3ccc(N4CCC5(CCNCC5)CC4)cc3)nc2n1-c1ccc2c(n1)[C@@](O)(CC)CC2. The van der Waals surface area contributed by atoms with Crippen molar-refractivity contribution in [2.75, 3.05) is 36.4 Å². The molecule has 7 rings (SSSR count). The molecule has 224 valence electrons. The van der Waals surface area contributed by atoms with Gasteiger partial charge in [0, 0.05) is 30.7 Å². The second-order valence-electron chi connectivity index (χ2n) is 12.4. The van der Waals surface area contributed by atoms with E-state index in [1.807, 2.05) is 19.1 Å². The molecule has 3 aromatic heterocycles. The van der Waals surface area contributed by atoms with Crippen molar-refractivity contribution in [3.63, 3.8) is 0 Å². The summed E-state index contributed by atoms with van der Waals surface area (Å²) in [5.41, 5.74) is 3.62. The predicted molar refractivity (Wildman–Crippen MR) is 169 cm³/mol. The van der Waals surface area contributed by atoms with Crippen molar-refractivity contribution in [3.05, 3.63) is 76.9 Å². The van der Waals surface area contributed by atoms with E-state index in [1.54, 1.807) is 21.6 Å². The van der Waals surface area contributed by atoms with E-state index in [0.29, 0.717) is 46.8 Å². The van der Waals surface area contributed by atoms with E-state index >= 15 is 0 Å². The lowest BCUT2D eigenvalue weighted by Gasteiger charge is -2.45. The molecule has 0 radical (unpaired) electrons. The van der Waals surface area contributed by atoms with E-state index in [2.05, 4.69) is 51.4 Å². The number of nitrogens with zero attached hydrogens (tertiary/aromatic N) is 6. The van der Waals surface area contributed by atoms with Gasteiger partial charge in [0.15, 0.2) is 11.5 Å². The fourth-order valence-electron chi connectivity index (χ4n) is 7.19. The Morgan fingerprint density at radius 2 is 1.81 bits per heavy atom. The van der Waals surface area contributed by atoms with E-state index in [-0.39, 0.29) is 12.1 Å². The van der Waals surface area contributed by atoms with Gasteiger partial charge >= 0.3 is 0 Å². The number of aliphatic hydroxyl groups is 1. The largest absolute Gasteiger partial charge is 0.384 e. The quantitative estimate of drug-likeness (QED) is 0.276. The first-order chi connectivity index (χ1) is 20.9. The van der Waals surface area contributed by atoms with Gasteiger partial charge in [-0.3, -0.25) is 4.79 Å². The maximum absolute atomic E-state index is 13.4. The Labute approximate surface area is 251 Å². The molecule has 3 N–H and O–H groups in total. The highest BCUT2D eigenvalue weighted by molar-refractivity contribution is 5.77. The first-order valence-electron chi connectivity index (χ1n) is 15.6. The van der Waals surface area contributed by atoms with Crippen LogP contribution in [0.3, 0.4) is 0 Å². The molecule has 43 heavy (non-hydrogen) atoms. The van der Waals surface area contributed by atoms with Crippen molar-refractivity contribution >= 4 is 28.4 Å². The van der Waals surface area contributed by atoms with Crippen molar-refractivity contribution in [1.29, 1.82) is 0 Å². The van der Waals surface area contributed by atoms with E-state index < -0.39 is 5.60 Å². The number of hydrogen-bond acceptors (Lipinski definition) is 8. The number of aryl methyl sites for hydroxylation is 1. The molecule has 1 atom stereocenters. The fourth-order valence-corrected chi connectivity index (χ4v) is 7.19. The molecule has 1 spiro atoms. The van der Waals surface area contributed by atoms with Gasteiger partial charge in [0.25, 0.3) is 5.56 Å². The predicted octanol–water partition coefficient (Wildman–Crippen LogP) is 4.42. The summed E-state index contributed by atoms with van der Waals surface area (Å²) in [5.74, 6) is 0.921. The molecule has 10 heteroatoms. The summed E-state index contributed by atoms with van der Waals surface area (Å²) in [7, 11) is 0. The summed E-state index contributed by atoms with van der Waals surface area (Å²) >= 11 is 0. The zero-order valence-electron chi connectivity index (χ0n) is 24.8. The summed E-state index contributed by atoms with van der Waals surface area (Å²) in [5, 5.41) is 18.4. The maximum atomic E-state index is 13.4. The molecule has 10 nitrogen and oxygen atoms in total. The minimum Gasteiger partial charge on any atom is -0.384 e. The summed E-state index contributed by atoms with van der Waals surface area (Å²) in [6.45, 7) is 10.6. The van der Waals surface area contributed by atoms with E-state index in [4.69, 9.17) is 9.97 Å². The van der Waals surface area contributed by atoms with Gasteiger partial charge in [-0.1, -0.05) is 19.1 Å². The highest BCUT2D eigenvalue weighted by Crippen LogP contribution is 2.41. The molecule has 0 unspecified atom stereocenters. The van der Waals surface area contributed by atoms with Crippen LogP contribution in [0.15, 0.2) is 60.0 Å². The van der Waals surface area contributed by atoms with Gasteiger partial charge in [-0.05, 0) is 99.3 Å². The van der Waals surface area contributed by atoms with Crippen LogP contribution in [0.4, 0.5) is 17.3 Å². The number of rotatable bonds is 7. The van der Waals surface area contributed by atoms with Gasteiger partial charge in [0.1, 0.15) is 11.0 Å². The normalized spacial score (nSPS) is 21.3. The Morgan fingerprint density at radius 1 is 1.05 bits per heavy atom. The maximum Gasteiger partial charge on any atom is 0.278 e. The number of pyridine rings is 1. The lowest BCUT2D eigenvalue weighted by molar-refractivity contribution is 0.0306. The molecule has 1 aromatic carbocycles. The average molecular weight is 581 g/mol. The molecule has 4 aromatic rings. The van der Waals surface area contributed by atoms with Crippen LogP contribution >= 0.6 is 0 Å². The molecular weight excluding hydrogens is 540 g/mol. The Morgan fingerprint density at radius 3 is 2.53 bits per heavy atom. The second kappa shape index (κ2) is 10.9. The van der Waals surface area contributed by atoms with Crippen LogP contribution in [0.1, 0.15) is 56.7 Å². The number of anilines is 3. The van der Waals surface area contributed by atoms with E-state index in [9.17, 15) is 9.90 Å². The van der Waals surface area contributed by atoms with Crippen molar-refractivity contribution in [3.8, 4) is 5.82 Å². The molecule has 1 aliphatic carbocycles. The van der Waals surface area contributed by atoms with Gasteiger partial charge in [-0.25, -0.2) is 19.3 Å². The van der Waals surface area contributed by atoms with Gasteiger partial charge in [-0.15, -0.1) is 6.58 Å². The Bertz CT molecular complexity index is 1710. The van der Waals surface area contributed by atoms with Crippen LogP contribution in [-0.2, 0) is 18.6 Å². The number of aromatic nitrogens is 5. The summed E-state index contributed by atoms with van der Waals surface area (Å²) in [6, 6.07) is 12.3. The molecule has 0 bridgehead atoms. The minimum atomic E-state index is -0.964. The smallest absolute Gasteiger partial charge is 0.278 e. The highest BCUT2D eigenvalue weighted by Gasteiger charge is 2.37. The fraction of sp³-hybridized carbons (Fsp3) is 0.455. The molecule has 3 aliphatic rings. The zero-order chi connectivity index (χ0) is 29.6. The zero-order valence-corrected chi connectivity index (χ0v) is 24.8. The standard InChI is InChI=1S/C33H40N8O2/c1-3-19-40-30(42)26-22-35-31(38-29(26)41(40)27-10-5-23-11-12-33(43,4-2)28(23)37-27)36-24-6-8-25(9-7-24)39-20-15-32(16-21-39)13-17-34-18-14-32/h3,5-10,22,34,43H,1,4,11-21H2,2H3,(H,35,36,38)/t33-/m1/s1. The van der Waals surface area contributed by atoms with Crippen LogP contribution < -0.4 is 21.1 Å².